The molecule has 0 fully saturated rings. The Kier molecular flexibility index (Phi) is 4.94. The van der Waals surface area contributed by atoms with Crippen LogP contribution in [0.4, 0.5) is 4.39 Å². The van der Waals surface area contributed by atoms with Crippen molar-refractivity contribution in [3.8, 4) is 5.75 Å². The summed E-state index contributed by atoms with van der Waals surface area (Å²) in [5.41, 5.74) is 1.03. The topological polar surface area (TPSA) is 37.3 Å². The molecule has 0 aliphatic heterocycles. The van der Waals surface area contributed by atoms with Crippen LogP contribution in [0.3, 0.4) is 0 Å². The fraction of sp³-hybridized carbons (Fsp3) is 0.133. The van der Waals surface area contributed by atoms with Crippen LogP contribution >= 0.6 is 31.9 Å². The van der Waals surface area contributed by atoms with Crippen LogP contribution in [-0.4, -0.2) is 15.7 Å². The van der Waals surface area contributed by atoms with Gasteiger partial charge >= 0.3 is 0 Å². The Morgan fingerprint density at radius 1 is 1.05 bits per heavy atom. The molecule has 2 unspecified atom stereocenters. The van der Waals surface area contributed by atoms with Gasteiger partial charge in [-0.05, 0) is 29.8 Å². The highest BCUT2D eigenvalue weighted by atomic mass is 79.9. The van der Waals surface area contributed by atoms with E-state index in [4.69, 9.17) is 0 Å². The number of rotatable bonds is 4. The van der Waals surface area contributed by atoms with Crippen molar-refractivity contribution in [1.29, 1.82) is 0 Å². The molecular formula is C15H11Br2FO2. The summed E-state index contributed by atoms with van der Waals surface area (Å²) in [6, 6.07) is 12.3. The number of phenolic OH excluding ortho intramolecular Hbond substituents is 1. The van der Waals surface area contributed by atoms with Crippen LogP contribution in [0.15, 0.2) is 48.5 Å². The molecule has 0 amide bonds. The van der Waals surface area contributed by atoms with Gasteiger partial charge in [-0.2, -0.15) is 0 Å². The summed E-state index contributed by atoms with van der Waals surface area (Å²) in [5.74, 6) is -0.623. The van der Waals surface area contributed by atoms with Crippen molar-refractivity contribution >= 4 is 37.6 Å². The number of alkyl halides is 2. The summed E-state index contributed by atoms with van der Waals surface area (Å²) in [5, 5.41) is 9.71. The SMILES string of the molecule is O=C(c1ccccc1O)C(Br)C(Br)c1ccc(F)cc1. The fourth-order valence-electron chi connectivity index (χ4n) is 1.78. The number of hydrogen-bond donors (Lipinski definition) is 1. The molecule has 0 radical (unpaired) electrons. The molecule has 2 nitrogen and oxygen atoms in total. The van der Waals surface area contributed by atoms with Crippen LogP contribution in [0.2, 0.25) is 0 Å². The Bertz CT molecular complexity index is 614. The van der Waals surface area contributed by atoms with Crippen LogP contribution < -0.4 is 0 Å². The predicted molar refractivity (Wildman–Crippen MR) is 83.2 cm³/mol. The number of hydrogen-bond acceptors (Lipinski definition) is 2. The number of benzene rings is 2. The zero-order valence-corrected chi connectivity index (χ0v) is 13.4. The number of halogens is 3. The largest absolute Gasteiger partial charge is 0.507 e. The van der Waals surface area contributed by atoms with Gasteiger partial charge in [0.1, 0.15) is 11.6 Å². The molecule has 20 heavy (non-hydrogen) atoms. The van der Waals surface area contributed by atoms with E-state index in [0.29, 0.717) is 0 Å². The summed E-state index contributed by atoms with van der Waals surface area (Å²) in [6.07, 6.45) is 0. The molecule has 0 saturated carbocycles. The number of ketones is 1. The van der Waals surface area contributed by atoms with Gasteiger partial charge in [-0.15, -0.1) is 0 Å². The maximum Gasteiger partial charge on any atom is 0.181 e. The van der Waals surface area contributed by atoms with E-state index in [1.807, 2.05) is 0 Å². The Hall–Kier alpha value is -1.20. The van der Waals surface area contributed by atoms with E-state index in [0.717, 1.165) is 5.56 Å². The van der Waals surface area contributed by atoms with Gasteiger partial charge in [0, 0.05) is 0 Å². The Morgan fingerprint density at radius 3 is 2.25 bits per heavy atom. The van der Waals surface area contributed by atoms with Crippen LogP contribution in [0.5, 0.6) is 5.75 Å². The Balaban J connectivity index is 2.22. The standard InChI is InChI=1S/C15H11Br2FO2/c16-13(9-5-7-10(18)8-6-9)14(17)15(20)11-3-1-2-4-12(11)19/h1-8,13-14,19H. The quantitative estimate of drug-likeness (QED) is 0.599. The van der Waals surface area contributed by atoms with Crippen molar-refractivity contribution in [1.82, 2.24) is 0 Å². The van der Waals surface area contributed by atoms with Crippen molar-refractivity contribution in [2.24, 2.45) is 0 Å². The highest BCUT2D eigenvalue weighted by Gasteiger charge is 2.27. The van der Waals surface area contributed by atoms with Crippen LogP contribution in [0.25, 0.3) is 0 Å². The maximum absolute atomic E-state index is 12.9. The molecule has 0 aromatic heterocycles. The molecule has 0 saturated heterocycles. The summed E-state index contributed by atoms with van der Waals surface area (Å²) < 4.78 is 12.9. The third-order valence-corrected chi connectivity index (χ3v) is 5.58. The van der Waals surface area contributed by atoms with E-state index in [1.54, 1.807) is 30.3 Å². The predicted octanol–water partition coefficient (Wildman–Crippen LogP) is 4.61. The monoisotopic (exact) mass is 400 g/mol. The molecule has 1 N–H and O–H groups in total. The lowest BCUT2D eigenvalue weighted by molar-refractivity contribution is 0.0988. The molecule has 0 aliphatic rings. The van der Waals surface area contributed by atoms with Gasteiger partial charge in [0.25, 0.3) is 0 Å². The molecule has 2 rings (SSSR count). The van der Waals surface area contributed by atoms with Gasteiger partial charge in [0.2, 0.25) is 0 Å². The van der Waals surface area contributed by atoms with Crippen molar-refractivity contribution in [3.05, 3.63) is 65.5 Å². The average Bonchev–Trinajstić information content (AvgIpc) is 2.46. The number of aromatic hydroxyl groups is 1. The van der Waals surface area contributed by atoms with Gasteiger partial charge < -0.3 is 5.11 Å². The van der Waals surface area contributed by atoms with Gasteiger partial charge in [-0.1, -0.05) is 56.1 Å². The van der Waals surface area contributed by atoms with Crippen molar-refractivity contribution in [2.45, 2.75) is 9.65 Å². The highest BCUT2D eigenvalue weighted by Crippen LogP contribution is 2.34. The lowest BCUT2D eigenvalue weighted by atomic mass is 10.0. The number of phenols is 1. The minimum Gasteiger partial charge on any atom is -0.507 e. The molecule has 104 valence electrons. The number of carbonyl (C=O) groups excluding carboxylic acids is 1. The van der Waals surface area contributed by atoms with E-state index in [1.165, 1.54) is 18.2 Å². The van der Waals surface area contributed by atoms with E-state index in [2.05, 4.69) is 31.9 Å². The molecule has 0 bridgehead atoms. The number of Topliss-reactive ketones (excluding diaryl/α,β-unsaturated/α-hetero) is 1. The summed E-state index contributed by atoms with van der Waals surface area (Å²) >= 11 is 6.76. The first kappa shape index (κ1) is 15.2. The first-order chi connectivity index (χ1) is 9.50. The first-order valence-corrected chi connectivity index (χ1v) is 7.69. The van der Waals surface area contributed by atoms with Crippen LogP contribution in [0.1, 0.15) is 20.7 Å². The molecule has 5 heteroatoms. The van der Waals surface area contributed by atoms with Crippen LogP contribution in [-0.2, 0) is 0 Å². The highest BCUT2D eigenvalue weighted by molar-refractivity contribution is 9.12. The number of para-hydroxylation sites is 1. The minimum absolute atomic E-state index is 0.0549. The molecule has 0 aliphatic carbocycles. The van der Waals surface area contributed by atoms with Crippen molar-refractivity contribution < 1.29 is 14.3 Å². The lowest BCUT2D eigenvalue weighted by Crippen LogP contribution is -2.19. The lowest BCUT2D eigenvalue weighted by Gasteiger charge is -2.16. The van der Waals surface area contributed by atoms with Gasteiger partial charge in [-0.25, -0.2) is 4.39 Å². The summed E-state index contributed by atoms with van der Waals surface area (Å²) in [4.78, 5) is 11.4. The van der Waals surface area contributed by atoms with E-state index < -0.39 is 4.83 Å². The molecule has 0 spiro atoms. The molecular weight excluding hydrogens is 391 g/mol. The second-order valence-corrected chi connectivity index (χ2v) is 6.21. The van der Waals surface area contributed by atoms with Gasteiger partial charge in [0.15, 0.2) is 5.78 Å². The Labute approximate surface area is 132 Å². The third kappa shape index (κ3) is 3.27. The first-order valence-electron chi connectivity index (χ1n) is 5.86. The zero-order chi connectivity index (χ0) is 14.7. The van der Waals surface area contributed by atoms with Gasteiger partial charge in [0.05, 0.1) is 15.2 Å². The van der Waals surface area contributed by atoms with E-state index >= 15 is 0 Å². The normalized spacial score (nSPS) is 13.8. The minimum atomic E-state index is -0.568. The second-order valence-electron chi connectivity index (χ2n) is 4.24. The summed E-state index contributed by atoms with van der Waals surface area (Å²) in [6.45, 7) is 0. The molecule has 2 atom stereocenters. The molecule has 2 aromatic carbocycles. The van der Waals surface area contributed by atoms with Crippen molar-refractivity contribution in [2.75, 3.05) is 0 Å². The maximum atomic E-state index is 12.9. The number of carbonyl (C=O) groups is 1. The van der Waals surface area contributed by atoms with Gasteiger partial charge in [-0.3, -0.25) is 4.79 Å². The van der Waals surface area contributed by atoms with Crippen molar-refractivity contribution in [3.63, 3.8) is 0 Å². The average molecular weight is 402 g/mol. The fourth-order valence-corrected chi connectivity index (χ4v) is 2.88. The third-order valence-electron chi connectivity index (χ3n) is 2.87. The summed E-state index contributed by atoms with van der Waals surface area (Å²) in [7, 11) is 0. The second kappa shape index (κ2) is 6.50. The van der Waals surface area contributed by atoms with Crippen LogP contribution in [0, 0.1) is 5.82 Å². The zero-order valence-electron chi connectivity index (χ0n) is 10.3. The van der Waals surface area contributed by atoms with E-state index in [9.17, 15) is 14.3 Å². The molecule has 0 heterocycles. The molecule has 2 aromatic rings. The van der Waals surface area contributed by atoms with E-state index in [-0.39, 0.29) is 27.7 Å². The Morgan fingerprint density at radius 2 is 1.65 bits per heavy atom. The smallest absolute Gasteiger partial charge is 0.181 e.